The highest BCUT2D eigenvalue weighted by Gasteiger charge is 2.24. The summed E-state index contributed by atoms with van der Waals surface area (Å²) in [4.78, 5) is 25.9. The molecule has 2 aromatic heterocycles. The third-order valence-electron chi connectivity index (χ3n) is 4.84. The van der Waals surface area contributed by atoms with Crippen LogP contribution in [0.4, 0.5) is 5.69 Å². The van der Waals surface area contributed by atoms with Gasteiger partial charge in [0.1, 0.15) is 12.1 Å². The standard InChI is InChI=1S/C22H29N5O2/c1-13(2)19-16-11-23-27(22(5,6)7)20(16)21(29)26(25-19)12-18(28)24-17-9-8-14(3)10-15(17)4/h8-11,13H,12H2,1-7H3,(H,24,28). The SMILES string of the molecule is Cc1ccc(NC(=O)Cn2nc(C(C)C)c3cnn(C(C)(C)C)c3c2=O)c(C)c1. The van der Waals surface area contributed by atoms with Crippen LogP contribution in [0.2, 0.25) is 0 Å². The summed E-state index contributed by atoms with van der Waals surface area (Å²) in [7, 11) is 0. The van der Waals surface area contributed by atoms with Crippen LogP contribution in [0.15, 0.2) is 29.2 Å². The van der Waals surface area contributed by atoms with Gasteiger partial charge in [-0.15, -0.1) is 0 Å². The van der Waals surface area contributed by atoms with Gasteiger partial charge in [0.15, 0.2) is 0 Å². The van der Waals surface area contributed by atoms with E-state index in [1.165, 1.54) is 4.68 Å². The summed E-state index contributed by atoms with van der Waals surface area (Å²) >= 11 is 0. The first kappa shape index (κ1) is 20.8. The molecule has 154 valence electrons. The maximum atomic E-state index is 13.2. The summed E-state index contributed by atoms with van der Waals surface area (Å²) in [5, 5.41) is 12.6. The average molecular weight is 396 g/mol. The minimum Gasteiger partial charge on any atom is -0.324 e. The first-order valence-electron chi connectivity index (χ1n) is 9.85. The number of amides is 1. The molecule has 1 amide bonds. The van der Waals surface area contributed by atoms with Gasteiger partial charge in [0, 0.05) is 11.1 Å². The third kappa shape index (κ3) is 4.09. The smallest absolute Gasteiger partial charge is 0.293 e. The van der Waals surface area contributed by atoms with Gasteiger partial charge in [-0.2, -0.15) is 10.2 Å². The van der Waals surface area contributed by atoms with Crippen molar-refractivity contribution in [2.45, 2.75) is 66.5 Å². The number of aromatic nitrogens is 4. The Balaban J connectivity index is 2.03. The summed E-state index contributed by atoms with van der Waals surface area (Å²) in [5.74, 6) is -0.202. The zero-order valence-corrected chi connectivity index (χ0v) is 18.2. The molecule has 0 fully saturated rings. The van der Waals surface area contributed by atoms with Crippen LogP contribution < -0.4 is 10.9 Å². The lowest BCUT2D eigenvalue weighted by molar-refractivity contribution is -0.117. The molecule has 29 heavy (non-hydrogen) atoms. The second-order valence-electron chi connectivity index (χ2n) is 8.86. The fourth-order valence-corrected chi connectivity index (χ4v) is 3.42. The van der Waals surface area contributed by atoms with Crippen molar-refractivity contribution in [3.05, 3.63) is 51.6 Å². The lowest BCUT2D eigenvalue weighted by atomic mass is 10.1. The molecule has 2 heterocycles. The number of benzene rings is 1. The van der Waals surface area contributed by atoms with E-state index in [0.29, 0.717) is 5.52 Å². The van der Waals surface area contributed by atoms with Crippen molar-refractivity contribution in [2.75, 3.05) is 5.32 Å². The van der Waals surface area contributed by atoms with Crippen molar-refractivity contribution >= 4 is 22.5 Å². The van der Waals surface area contributed by atoms with Crippen LogP contribution in [0.3, 0.4) is 0 Å². The molecule has 0 aliphatic rings. The zero-order valence-electron chi connectivity index (χ0n) is 18.2. The molecule has 0 aliphatic carbocycles. The van der Waals surface area contributed by atoms with Crippen molar-refractivity contribution < 1.29 is 4.79 Å². The second-order valence-corrected chi connectivity index (χ2v) is 8.86. The number of anilines is 1. The molecule has 3 aromatic rings. The Morgan fingerprint density at radius 3 is 2.48 bits per heavy atom. The summed E-state index contributed by atoms with van der Waals surface area (Å²) in [6, 6.07) is 5.82. The van der Waals surface area contributed by atoms with Crippen LogP contribution in [0, 0.1) is 13.8 Å². The monoisotopic (exact) mass is 395 g/mol. The highest BCUT2D eigenvalue weighted by atomic mass is 16.2. The number of hydrogen-bond donors (Lipinski definition) is 1. The van der Waals surface area contributed by atoms with E-state index in [4.69, 9.17) is 0 Å². The van der Waals surface area contributed by atoms with E-state index in [0.717, 1.165) is 27.9 Å². The van der Waals surface area contributed by atoms with Crippen LogP contribution in [0.25, 0.3) is 10.9 Å². The normalized spacial score (nSPS) is 12.0. The van der Waals surface area contributed by atoms with Crippen LogP contribution in [0.1, 0.15) is 57.4 Å². The molecule has 0 saturated heterocycles. The molecule has 1 aromatic carbocycles. The molecular formula is C22H29N5O2. The number of hydrogen-bond acceptors (Lipinski definition) is 4. The van der Waals surface area contributed by atoms with Gasteiger partial charge in [-0.1, -0.05) is 31.5 Å². The number of nitrogens with one attached hydrogen (secondary N) is 1. The maximum Gasteiger partial charge on any atom is 0.293 e. The Morgan fingerprint density at radius 2 is 1.90 bits per heavy atom. The molecule has 1 N–H and O–H groups in total. The summed E-state index contributed by atoms with van der Waals surface area (Å²) < 4.78 is 2.97. The average Bonchev–Trinajstić information content (AvgIpc) is 3.05. The van der Waals surface area contributed by atoms with Crippen molar-refractivity contribution in [3.63, 3.8) is 0 Å². The van der Waals surface area contributed by atoms with E-state index in [9.17, 15) is 9.59 Å². The zero-order chi connectivity index (χ0) is 21.5. The van der Waals surface area contributed by atoms with E-state index >= 15 is 0 Å². The molecule has 0 atom stereocenters. The van der Waals surface area contributed by atoms with Crippen molar-refractivity contribution in [2.24, 2.45) is 0 Å². The molecule has 3 rings (SSSR count). The Labute approximate surface area is 170 Å². The summed E-state index contributed by atoms with van der Waals surface area (Å²) in [5.41, 5.74) is 3.40. The number of rotatable bonds is 4. The first-order valence-corrected chi connectivity index (χ1v) is 9.85. The van der Waals surface area contributed by atoms with Crippen molar-refractivity contribution in [3.8, 4) is 0 Å². The van der Waals surface area contributed by atoms with Gasteiger partial charge in [-0.3, -0.25) is 14.3 Å². The van der Waals surface area contributed by atoms with Crippen LogP contribution in [0.5, 0.6) is 0 Å². The molecule has 7 heteroatoms. The van der Waals surface area contributed by atoms with Gasteiger partial charge in [-0.05, 0) is 52.2 Å². The molecule has 0 radical (unpaired) electrons. The number of fused-ring (bicyclic) bond motifs is 1. The molecule has 7 nitrogen and oxygen atoms in total. The Hall–Kier alpha value is -2.96. The van der Waals surface area contributed by atoms with E-state index in [2.05, 4.69) is 15.5 Å². The van der Waals surface area contributed by atoms with Crippen LogP contribution in [-0.4, -0.2) is 25.5 Å². The van der Waals surface area contributed by atoms with Gasteiger partial charge >= 0.3 is 0 Å². The van der Waals surface area contributed by atoms with E-state index in [-0.39, 0.29) is 29.5 Å². The minimum atomic E-state index is -0.365. The third-order valence-corrected chi connectivity index (χ3v) is 4.84. The maximum absolute atomic E-state index is 13.2. The Morgan fingerprint density at radius 1 is 1.21 bits per heavy atom. The summed E-state index contributed by atoms with van der Waals surface area (Å²) in [6.45, 7) is 13.8. The minimum absolute atomic E-state index is 0.0874. The predicted molar refractivity (Wildman–Crippen MR) is 115 cm³/mol. The highest BCUT2D eigenvalue weighted by Crippen LogP contribution is 2.24. The number of carbonyl (C=O) groups excluding carboxylic acids is 1. The Bertz CT molecular complexity index is 1130. The predicted octanol–water partition coefficient (Wildman–Crippen LogP) is 3.73. The fourth-order valence-electron chi connectivity index (χ4n) is 3.42. The lowest BCUT2D eigenvalue weighted by Crippen LogP contribution is -2.34. The van der Waals surface area contributed by atoms with Gasteiger partial charge in [-0.25, -0.2) is 4.68 Å². The largest absolute Gasteiger partial charge is 0.324 e. The molecule has 0 aliphatic heterocycles. The highest BCUT2D eigenvalue weighted by molar-refractivity contribution is 5.91. The quantitative estimate of drug-likeness (QED) is 0.730. The van der Waals surface area contributed by atoms with Crippen LogP contribution in [-0.2, 0) is 16.9 Å². The van der Waals surface area contributed by atoms with Crippen molar-refractivity contribution in [1.82, 2.24) is 19.6 Å². The molecule has 0 unspecified atom stereocenters. The Kier molecular flexibility index (Phi) is 5.34. The lowest BCUT2D eigenvalue weighted by Gasteiger charge is -2.21. The van der Waals surface area contributed by atoms with Crippen LogP contribution >= 0.6 is 0 Å². The molecular weight excluding hydrogens is 366 g/mol. The van der Waals surface area contributed by atoms with E-state index in [1.807, 2.05) is 66.7 Å². The molecule has 0 spiro atoms. The van der Waals surface area contributed by atoms with Gasteiger partial charge in [0.05, 0.1) is 17.4 Å². The van der Waals surface area contributed by atoms with Gasteiger partial charge < -0.3 is 5.32 Å². The summed E-state index contributed by atoms with van der Waals surface area (Å²) in [6.07, 6.45) is 1.70. The number of nitrogens with zero attached hydrogens (tertiary/aromatic N) is 4. The number of carbonyl (C=O) groups is 1. The number of aryl methyl sites for hydroxylation is 2. The second kappa shape index (κ2) is 7.46. The van der Waals surface area contributed by atoms with E-state index in [1.54, 1.807) is 10.9 Å². The first-order chi connectivity index (χ1) is 13.5. The van der Waals surface area contributed by atoms with E-state index < -0.39 is 0 Å². The molecule has 0 saturated carbocycles. The van der Waals surface area contributed by atoms with Crippen molar-refractivity contribution in [1.29, 1.82) is 0 Å². The topological polar surface area (TPSA) is 81.8 Å². The van der Waals surface area contributed by atoms with Gasteiger partial charge in [0.25, 0.3) is 5.56 Å². The molecule has 0 bridgehead atoms. The van der Waals surface area contributed by atoms with Gasteiger partial charge in [0.2, 0.25) is 5.91 Å². The fraction of sp³-hybridized carbons (Fsp3) is 0.455.